The molecule has 2 nitrogen and oxygen atoms in total. The number of hydrogen-bond acceptors (Lipinski definition) is 2. The Labute approximate surface area is 134 Å². The molecule has 0 bridgehead atoms. The fourth-order valence-corrected chi connectivity index (χ4v) is 3.28. The second kappa shape index (κ2) is 6.58. The molecule has 0 radical (unpaired) electrons. The summed E-state index contributed by atoms with van der Waals surface area (Å²) in [4.78, 5) is 7.05. The molecular weight excluding hydrogens is 288 g/mol. The summed E-state index contributed by atoms with van der Waals surface area (Å²) < 4.78 is 2.15. The van der Waals surface area contributed by atoms with Gasteiger partial charge in [0.1, 0.15) is 0 Å². The van der Waals surface area contributed by atoms with Crippen LogP contribution in [0.5, 0.6) is 0 Å². The second-order valence-corrected chi connectivity index (χ2v) is 6.09. The van der Waals surface area contributed by atoms with Gasteiger partial charge in [0, 0.05) is 12.7 Å². The number of rotatable bonds is 4. The van der Waals surface area contributed by atoms with E-state index in [2.05, 4.69) is 60.7 Å². The normalized spacial score (nSPS) is 11.6. The molecule has 3 aromatic rings. The zero-order valence-corrected chi connectivity index (χ0v) is 13.4. The lowest BCUT2D eigenvalue weighted by Gasteiger charge is -1.99. The number of aromatic nitrogens is 1. The molecule has 22 heavy (non-hydrogen) atoms. The highest BCUT2D eigenvalue weighted by Gasteiger charge is 2.05. The number of hydrogen-bond donors (Lipinski definition) is 0. The monoisotopic (exact) mass is 306 g/mol. The van der Waals surface area contributed by atoms with Gasteiger partial charge in [-0.05, 0) is 24.1 Å². The van der Waals surface area contributed by atoms with Crippen LogP contribution in [0, 0.1) is 6.92 Å². The van der Waals surface area contributed by atoms with Gasteiger partial charge in [-0.25, -0.2) is 4.99 Å². The number of nitrogens with zero attached hydrogens (tertiary/aromatic N) is 2. The van der Waals surface area contributed by atoms with Gasteiger partial charge < -0.3 is 4.57 Å². The van der Waals surface area contributed by atoms with Gasteiger partial charge in [0.15, 0.2) is 4.80 Å². The van der Waals surface area contributed by atoms with Gasteiger partial charge in [-0.2, -0.15) is 0 Å². The van der Waals surface area contributed by atoms with Crippen LogP contribution in [-0.2, 0) is 6.54 Å². The second-order valence-electron chi connectivity index (χ2n) is 5.08. The maximum atomic E-state index is 4.84. The molecule has 3 rings (SSSR count). The molecule has 0 atom stereocenters. The first-order valence-electron chi connectivity index (χ1n) is 7.25. The zero-order valence-electron chi connectivity index (χ0n) is 12.6. The highest BCUT2D eigenvalue weighted by atomic mass is 32.1. The van der Waals surface area contributed by atoms with Crippen molar-refractivity contribution in [3.63, 3.8) is 0 Å². The van der Waals surface area contributed by atoms with E-state index >= 15 is 0 Å². The van der Waals surface area contributed by atoms with E-state index in [0.29, 0.717) is 0 Å². The van der Waals surface area contributed by atoms with Crippen molar-refractivity contribution in [3.05, 3.63) is 83.8 Å². The van der Waals surface area contributed by atoms with E-state index in [1.54, 1.807) is 11.3 Å². The Balaban J connectivity index is 2.13. The molecule has 0 aliphatic carbocycles. The van der Waals surface area contributed by atoms with E-state index < -0.39 is 0 Å². The van der Waals surface area contributed by atoms with Crippen LogP contribution in [0.1, 0.15) is 5.56 Å². The lowest BCUT2D eigenvalue weighted by Crippen LogP contribution is -2.12. The first-order valence-corrected chi connectivity index (χ1v) is 8.06. The molecule has 0 unspecified atom stereocenters. The highest BCUT2D eigenvalue weighted by molar-refractivity contribution is 7.12. The molecule has 0 amide bonds. The van der Waals surface area contributed by atoms with Crippen LogP contribution >= 0.6 is 11.3 Å². The summed E-state index contributed by atoms with van der Waals surface area (Å²) in [7, 11) is 0. The van der Waals surface area contributed by atoms with E-state index in [1.807, 2.05) is 24.3 Å². The molecule has 0 saturated heterocycles. The van der Waals surface area contributed by atoms with Crippen molar-refractivity contribution < 1.29 is 0 Å². The van der Waals surface area contributed by atoms with Crippen molar-refractivity contribution in [1.29, 1.82) is 0 Å². The molecule has 1 heterocycles. The molecule has 0 aliphatic rings. The summed E-state index contributed by atoms with van der Waals surface area (Å²) in [5.41, 5.74) is 3.42. The number of para-hydroxylation sites is 1. The Morgan fingerprint density at radius 1 is 1.09 bits per heavy atom. The Bertz CT molecular complexity index is 841. The van der Waals surface area contributed by atoms with Crippen molar-refractivity contribution in [3.8, 4) is 10.4 Å². The quantitative estimate of drug-likeness (QED) is 0.607. The number of aryl methyl sites for hydroxylation is 1. The summed E-state index contributed by atoms with van der Waals surface area (Å²) in [5.74, 6) is 0. The topological polar surface area (TPSA) is 17.3 Å². The van der Waals surface area contributed by atoms with Gasteiger partial charge in [-0.3, -0.25) is 0 Å². The Kier molecular flexibility index (Phi) is 4.35. The van der Waals surface area contributed by atoms with Gasteiger partial charge >= 0.3 is 0 Å². The van der Waals surface area contributed by atoms with Gasteiger partial charge in [0.05, 0.1) is 10.6 Å². The Morgan fingerprint density at radius 3 is 2.55 bits per heavy atom. The standard InChI is InChI=1S/C19H18N2S/c1-3-13-21-14-18(16-10-5-4-6-11-16)22-19(21)20-17-12-8-7-9-15(17)2/h3-12,14H,1,13H2,2H3. The fourth-order valence-electron chi connectivity index (χ4n) is 2.26. The molecular formula is C19H18N2S. The van der Waals surface area contributed by atoms with Crippen molar-refractivity contribution in [2.24, 2.45) is 4.99 Å². The largest absolute Gasteiger partial charge is 0.319 e. The minimum Gasteiger partial charge on any atom is -0.319 e. The average molecular weight is 306 g/mol. The van der Waals surface area contributed by atoms with Crippen LogP contribution in [0.4, 0.5) is 5.69 Å². The van der Waals surface area contributed by atoms with E-state index in [0.717, 1.165) is 17.0 Å². The van der Waals surface area contributed by atoms with Gasteiger partial charge in [0.25, 0.3) is 0 Å². The molecule has 0 spiro atoms. The van der Waals surface area contributed by atoms with E-state index in [4.69, 9.17) is 4.99 Å². The van der Waals surface area contributed by atoms with E-state index in [-0.39, 0.29) is 0 Å². The average Bonchev–Trinajstić information content (AvgIpc) is 2.94. The number of allylic oxidation sites excluding steroid dienone is 1. The highest BCUT2D eigenvalue weighted by Crippen LogP contribution is 2.23. The van der Waals surface area contributed by atoms with Gasteiger partial charge in [0.2, 0.25) is 0 Å². The Morgan fingerprint density at radius 2 is 1.82 bits per heavy atom. The maximum Gasteiger partial charge on any atom is 0.190 e. The first kappa shape index (κ1) is 14.5. The lowest BCUT2D eigenvalue weighted by molar-refractivity contribution is 0.792. The molecule has 2 aromatic carbocycles. The van der Waals surface area contributed by atoms with Gasteiger partial charge in [-0.15, -0.1) is 6.58 Å². The molecule has 1 aromatic heterocycles. The molecule has 0 fully saturated rings. The number of thiazole rings is 1. The van der Waals surface area contributed by atoms with Crippen LogP contribution in [0.15, 0.2) is 78.4 Å². The lowest BCUT2D eigenvalue weighted by atomic mass is 10.2. The van der Waals surface area contributed by atoms with Gasteiger partial charge in [-0.1, -0.05) is 65.9 Å². The third-order valence-corrected chi connectivity index (χ3v) is 4.51. The van der Waals surface area contributed by atoms with Crippen LogP contribution in [-0.4, -0.2) is 4.57 Å². The Hall–Kier alpha value is -2.39. The summed E-state index contributed by atoms with van der Waals surface area (Å²) in [6.45, 7) is 6.69. The summed E-state index contributed by atoms with van der Waals surface area (Å²) >= 11 is 1.70. The molecule has 0 aliphatic heterocycles. The summed E-state index contributed by atoms with van der Waals surface area (Å²) in [6, 6.07) is 18.6. The van der Waals surface area contributed by atoms with Crippen molar-refractivity contribution in [1.82, 2.24) is 4.57 Å². The zero-order chi connectivity index (χ0) is 15.4. The van der Waals surface area contributed by atoms with E-state index in [9.17, 15) is 0 Å². The minimum atomic E-state index is 0.758. The summed E-state index contributed by atoms with van der Waals surface area (Å²) in [5, 5.41) is 0. The van der Waals surface area contributed by atoms with Crippen LogP contribution in [0.3, 0.4) is 0 Å². The van der Waals surface area contributed by atoms with Crippen molar-refractivity contribution in [2.45, 2.75) is 13.5 Å². The van der Waals surface area contributed by atoms with Crippen LogP contribution in [0.25, 0.3) is 10.4 Å². The smallest absolute Gasteiger partial charge is 0.190 e. The third-order valence-electron chi connectivity index (χ3n) is 3.44. The minimum absolute atomic E-state index is 0.758. The molecule has 0 N–H and O–H groups in total. The summed E-state index contributed by atoms with van der Waals surface area (Å²) in [6.07, 6.45) is 4.05. The van der Waals surface area contributed by atoms with Crippen LogP contribution < -0.4 is 4.80 Å². The SMILES string of the molecule is C=CCn1cc(-c2ccccc2)sc1=Nc1ccccc1C. The first-order chi connectivity index (χ1) is 10.8. The van der Waals surface area contributed by atoms with Crippen molar-refractivity contribution in [2.75, 3.05) is 0 Å². The maximum absolute atomic E-state index is 4.84. The molecule has 0 saturated carbocycles. The predicted octanol–water partition coefficient (Wildman–Crippen LogP) is 4.94. The predicted molar refractivity (Wildman–Crippen MR) is 94.3 cm³/mol. The molecule has 3 heteroatoms. The molecule has 110 valence electrons. The number of benzene rings is 2. The third kappa shape index (κ3) is 3.10. The van der Waals surface area contributed by atoms with E-state index in [1.165, 1.54) is 16.0 Å². The van der Waals surface area contributed by atoms with Crippen LogP contribution in [0.2, 0.25) is 0 Å². The fraction of sp³-hybridized carbons (Fsp3) is 0.105. The van der Waals surface area contributed by atoms with Crippen molar-refractivity contribution >= 4 is 17.0 Å².